The highest BCUT2D eigenvalue weighted by Gasteiger charge is 2.29. The Morgan fingerprint density at radius 3 is 2.76 bits per heavy atom. The second-order valence-electron chi connectivity index (χ2n) is 4.59. The van der Waals surface area contributed by atoms with Gasteiger partial charge in [0.15, 0.2) is 0 Å². The van der Waals surface area contributed by atoms with Crippen LogP contribution in [0.1, 0.15) is 12.8 Å². The van der Waals surface area contributed by atoms with Crippen LogP contribution >= 0.6 is 0 Å². The lowest BCUT2D eigenvalue weighted by atomic mass is 10.4. The zero-order valence-electron chi connectivity index (χ0n) is 11.2. The fraction of sp³-hybridized carbons (Fsp3) is 0.308. The second-order valence-corrected chi connectivity index (χ2v) is 4.59. The summed E-state index contributed by atoms with van der Waals surface area (Å²) in [5.74, 6) is 0.642. The van der Waals surface area contributed by atoms with Gasteiger partial charge in [0.05, 0.1) is 11.1 Å². The minimum atomic E-state index is -0.501. The Kier molecular flexibility index (Phi) is 3.59. The second kappa shape index (κ2) is 5.70. The summed E-state index contributed by atoms with van der Waals surface area (Å²) < 4.78 is 5.49. The van der Waals surface area contributed by atoms with E-state index in [1.165, 1.54) is 12.5 Å². The molecule has 21 heavy (non-hydrogen) atoms. The molecule has 8 heteroatoms. The van der Waals surface area contributed by atoms with E-state index < -0.39 is 4.92 Å². The maximum atomic E-state index is 11.4. The molecule has 0 unspecified atom stereocenters. The van der Waals surface area contributed by atoms with Crippen LogP contribution in [0.5, 0.6) is 11.6 Å². The Morgan fingerprint density at radius 1 is 1.29 bits per heavy atom. The van der Waals surface area contributed by atoms with Crippen molar-refractivity contribution in [2.45, 2.75) is 12.8 Å². The van der Waals surface area contributed by atoms with E-state index in [-0.39, 0.29) is 11.6 Å². The van der Waals surface area contributed by atoms with Crippen LogP contribution in [0.25, 0.3) is 0 Å². The number of rotatable bonds is 4. The smallest absolute Gasteiger partial charge is 0.373 e. The normalized spacial score (nSPS) is 14.2. The van der Waals surface area contributed by atoms with Crippen LogP contribution in [0, 0.1) is 10.1 Å². The number of hydrogen-bond donors (Lipinski definition) is 0. The molecule has 1 fully saturated rings. The van der Waals surface area contributed by atoms with E-state index in [1.807, 2.05) is 4.90 Å². The molecular formula is C13H13N5O3. The van der Waals surface area contributed by atoms with E-state index in [4.69, 9.17) is 4.74 Å². The lowest BCUT2D eigenvalue weighted by Crippen LogP contribution is -2.20. The highest BCUT2D eigenvalue weighted by atomic mass is 16.6. The standard InChI is InChI=1S/C13H13N5O3/c19-18(20)11-12(17-6-1-2-7-17)15-9-16-13(11)21-10-4-3-5-14-8-10/h3-5,8-9H,1-2,6-7H2. The molecule has 108 valence electrons. The van der Waals surface area contributed by atoms with Gasteiger partial charge in [0.25, 0.3) is 0 Å². The fourth-order valence-electron chi connectivity index (χ4n) is 2.27. The van der Waals surface area contributed by atoms with Crippen molar-refractivity contribution in [3.8, 4) is 11.6 Å². The van der Waals surface area contributed by atoms with Gasteiger partial charge in [-0.25, -0.2) is 4.98 Å². The molecule has 1 aliphatic heterocycles. The molecule has 0 radical (unpaired) electrons. The maximum Gasteiger partial charge on any atom is 0.373 e. The molecule has 0 bridgehead atoms. The first kappa shape index (κ1) is 13.2. The Labute approximate surface area is 120 Å². The molecule has 0 saturated carbocycles. The van der Waals surface area contributed by atoms with Gasteiger partial charge in [0.2, 0.25) is 5.82 Å². The van der Waals surface area contributed by atoms with E-state index in [0.717, 1.165) is 25.9 Å². The first-order valence-corrected chi connectivity index (χ1v) is 6.58. The summed E-state index contributed by atoms with van der Waals surface area (Å²) in [5, 5.41) is 11.4. The van der Waals surface area contributed by atoms with E-state index in [2.05, 4.69) is 15.0 Å². The van der Waals surface area contributed by atoms with Crippen molar-refractivity contribution in [2.24, 2.45) is 0 Å². The number of pyridine rings is 1. The van der Waals surface area contributed by atoms with Crippen molar-refractivity contribution < 1.29 is 9.66 Å². The van der Waals surface area contributed by atoms with Crippen LogP contribution in [0.3, 0.4) is 0 Å². The number of nitrogens with zero attached hydrogens (tertiary/aromatic N) is 5. The summed E-state index contributed by atoms with van der Waals surface area (Å²) >= 11 is 0. The summed E-state index contributed by atoms with van der Waals surface area (Å²) in [6.45, 7) is 1.51. The van der Waals surface area contributed by atoms with E-state index >= 15 is 0 Å². The van der Waals surface area contributed by atoms with Crippen LogP contribution < -0.4 is 9.64 Å². The maximum absolute atomic E-state index is 11.4. The monoisotopic (exact) mass is 287 g/mol. The number of hydrogen-bond acceptors (Lipinski definition) is 7. The molecule has 0 N–H and O–H groups in total. The van der Waals surface area contributed by atoms with Crippen molar-refractivity contribution in [3.63, 3.8) is 0 Å². The Hall–Kier alpha value is -2.77. The number of aromatic nitrogens is 3. The average molecular weight is 287 g/mol. The molecular weight excluding hydrogens is 274 g/mol. The molecule has 2 aromatic rings. The Bertz CT molecular complexity index is 644. The SMILES string of the molecule is O=[N+]([O-])c1c(Oc2cccnc2)ncnc1N1CCCC1. The fourth-order valence-corrected chi connectivity index (χ4v) is 2.27. The predicted molar refractivity (Wildman–Crippen MR) is 74.4 cm³/mol. The van der Waals surface area contributed by atoms with Crippen molar-refractivity contribution in [1.82, 2.24) is 15.0 Å². The van der Waals surface area contributed by atoms with Gasteiger partial charge in [-0.2, -0.15) is 4.98 Å². The molecule has 3 rings (SSSR count). The van der Waals surface area contributed by atoms with Gasteiger partial charge in [-0.3, -0.25) is 15.1 Å². The topological polar surface area (TPSA) is 94.3 Å². The minimum absolute atomic E-state index is 0.0649. The molecule has 1 aliphatic rings. The quantitative estimate of drug-likeness (QED) is 0.628. The summed E-state index contributed by atoms with van der Waals surface area (Å²) in [4.78, 5) is 24.6. The average Bonchev–Trinajstić information content (AvgIpc) is 3.02. The number of ether oxygens (including phenoxy) is 1. The largest absolute Gasteiger partial charge is 0.432 e. The molecule has 0 aromatic carbocycles. The van der Waals surface area contributed by atoms with Crippen LogP contribution in [0.15, 0.2) is 30.9 Å². The Balaban J connectivity index is 1.99. The highest BCUT2D eigenvalue weighted by Crippen LogP contribution is 2.36. The summed E-state index contributed by atoms with van der Waals surface area (Å²) in [7, 11) is 0. The predicted octanol–water partition coefficient (Wildman–Crippen LogP) is 2.17. The first-order chi connectivity index (χ1) is 10.3. The van der Waals surface area contributed by atoms with Gasteiger partial charge in [0.1, 0.15) is 12.1 Å². The van der Waals surface area contributed by atoms with Crippen molar-refractivity contribution >= 4 is 11.5 Å². The summed E-state index contributed by atoms with van der Waals surface area (Å²) in [5.41, 5.74) is -0.205. The molecule has 3 heterocycles. The van der Waals surface area contributed by atoms with Gasteiger partial charge >= 0.3 is 11.6 Å². The zero-order chi connectivity index (χ0) is 14.7. The van der Waals surface area contributed by atoms with E-state index in [9.17, 15) is 10.1 Å². The molecule has 8 nitrogen and oxygen atoms in total. The van der Waals surface area contributed by atoms with Crippen LogP contribution in [0.4, 0.5) is 11.5 Å². The van der Waals surface area contributed by atoms with Gasteiger partial charge in [0, 0.05) is 19.3 Å². The van der Waals surface area contributed by atoms with Crippen LogP contribution in [-0.4, -0.2) is 33.0 Å². The van der Waals surface area contributed by atoms with Gasteiger partial charge in [-0.15, -0.1) is 0 Å². The third-order valence-electron chi connectivity index (χ3n) is 3.21. The lowest BCUT2D eigenvalue weighted by Gasteiger charge is -2.16. The third kappa shape index (κ3) is 2.73. The van der Waals surface area contributed by atoms with E-state index in [1.54, 1.807) is 18.3 Å². The van der Waals surface area contributed by atoms with Crippen LogP contribution in [-0.2, 0) is 0 Å². The zero-order valence-corrected chi connectivity index (χ0v) is 11.2. The van der Waals surface area contributed by atoms with Gasteiger partial charge < -0.3 is 9.64 Å². The van der Waals surface area contributed by atoms with Crippen molar-refractivity contribution in [3.05, 3.63) is 41.0 Å². The van der Waals surface area contributed by atoms with Gasteiger partial charge in [-0.05, 0) is 25.0 Å². The highest BCUT2D eigenvalue weighted by molar-refractivity contribution is 5.63. The summed E-state index contributed by atoms with van der Waals surface area (Å²) in [6, 6.07) is 3.35. The van der Waals surface area contributed by atoms with Crippen LogP contribution in [0.2, 0.25) is 0 Å². The van der Waals surface area contributed by atoms with Crippen molar-refractivity contribution in [2.75, 3.05) is 18.0 Å². The third-order valence-corrected chi connectivity index (χ3v) is 3.21. The minimum Gasteiger partial charge on any atom is -0.432 e. The first-order valence-electron chi connectivity index (χ1n) is 6.58. The molecule has 1 saturated heterocycles. The molecule has 0 amide bonds. The molecule has 0 atom stereocenters. The van der Waals surface area contributed by atoms with E-state index in [0.29, 0.717) is 11.6 Å². The number of anilines is 1. The molecule has 2 aromatic heterocycles. The Morgan fingerprint density at radius 2 is 2.10 bits per heavy atom. The van der Waals surface area contributed by atoms with Crippen molar-refractivity contribution in [1.29, 1.82) is 0 Å². The van der Waals surface area contributed by atoms with Gasteiger partial charge in [-0.1, -0.05) is 0 Å². The number of nitro groups is 1. The molecule has 0 aliphatic carbocycles. The summed E-state index contributed by atoms with van der Waals surface area (Å²) in [6.07, 6.45) is 6.35. The lowest BCUT2D eigenvalue weighted by molar-refractivity contribution is -0.385. The molecule has 0 spiro atoms.